The van der Waals surface area contributed by atoms with E-state index < -0.39 is 0 Å². The highest BCUT2D eigenvalue weighted by Crippen LogP contribution is 2.34. The topological polar surface area (TPSA) is 22.1 Å². The van der Waals surface area contributed by atoms with Crippen LogP contribution in [0.4, 0.5) is 0 Å². The smallest absolute Gasteiger partial charge is 0.108 e. The summed E-state index contributed by atoms with van der Waals surface area (Å²) in [4.78, 5) is 5.73. The summed E-state index contributed by atoms with van der Waals surface area (Å²) in [5, 5.41) is 1.01. The predicted octanol–water partition coefficient (Wildman–Crippen LogP) is 2.90. The van der Waals surface area contributed by atoms with Crippen molar-refractivity contribution in [2.75, 3.05) is 0 Å². The van der Waals surface area contributed by atoms with Crippen molar-refractivity contribution in [3.8, 4) is 0 Å². The molecule has 2 nitrogen and oxygen atoms in total. The first kappa shape index (κ1) is 9.44. The van der Waals surface area contributed by atoms with Crippen LogP contribution >= 0.6 is 22.9 Å². The molecule has 72 valence electrons. The van der Waals surface area contributed by atoms with Crippen molar-refractivity contribution in [1.82, 2.24) is 4.98 Å². The second-order valence-corrected chi connectivity index (χ2v) is 4.73. The molecule has 0 aromatic carbocycles. The fraction of sp³-hybridized carbons (Fsp3) is 0.667. The van der Waals surface area contributed by atoms with Crippen molar-refractivity contribution in [3.05, 3.63) is 15.6 Å². The third kappa shape index (κ3) is 1.73. The lowest BCUT2D eigenvalue weighted by Gasteiger charge is -2.23. The number of hydrogen-bond donors (Lipinski definition) is 0. The Balaban J connectivity index is 2.35. The summed E-state index contributed by atoms with van der Waals surface area (Å²) in [6.07, 6.45) is 1.40. The summed E-state index contributed by atoms with van der Waals surface area (Å²) < 4.78 is 5.70. The highest BCUT2D eigenvalue weighted by Gasteiger charge is 2.25. The van der Waals surface area contributed by atoms with Crippen molar-refractivity contribution >= 4 is 22.9 Å². The van der Waals surface area contributed by atoms with Crippen LogP contribution in [-0.4, -0.2) is 11.1 Å². The second kappa shape index (κ2) is 3.56. The predicted molar refractivity (Wildman–Crippen MR) is 54.3 cm³/mol. The maximum Gasteiger partial charge on any atom is 0.108 e. The number of alkyl halides is 1. The highest BCUT2D eigenvalue weighted by molar-refractivity contribution is 7.12. The van der Waals surface area contributed by atoms with Gasteiger partial charge in [0.1, 0.15) is 5.01 Å². The van der Waals surface area contributed by atoms with E-state index >= 15 is 0 Å². The van der Waals surface area contributed by atoms with Gasteiger partial charge in [0.15, 0.2) is 0 Å². The number of fused-ring (bicyclic) bond motifs is 1. The first-order valence-corrected chi connectivity index (χ1v) is 5.75. The van der Waals surface area contributed by atoms with Crippen molar-refractivity contribution in [1.29, 1.82) is 0 Å². The molecule has 2 rings (SSSR count). The lowest BCUT2D eigenvalue weighted by molar-refractivity contribution is -0.00318. The van der Waals surface area contributed by atoms with Gasteiger partial charge < -0.3 is 4.74 Å². The normalized spacial score (nSPS) is 27.3. The van der Waals surface area contributed by atoms with Gasteiger partial charge in [0.25, 0.3) is 0 Å². The maximum absolute atomic E-state index is 5.74. The van der Waals surface area contributed by atoms with Crippen LogP contribution in [0.25, 0.3) is 0 Å². The molecular weight excluding hydrogens is 206 g/mol. The molecule has 0 saturated heterocycles. The molecule has 0 amide bonds. The zero-order valence-electron chi connectivity index (χ0n) is 7.71. The van der Waals surface area contributed by atoms with Gasteiger partial charge in [-0.2, -0.15) is 0 Å². The Morgan fingerprint density at radius 1 is 1.62 bits per heavy atom. The Morgan fingerprint density at radius 2 is 2.38 bits per heavy atom. The Bertz CT molecular complexity index is 313. The molecule has 0 N–H and O–H groups in total. The van der Waals surface area contributed by atoms with E-state index in [0.29, 0.717) is 5.88 Å². The maximum atomic E-state index is 5.74. The number of halogens is 1. The third-order valence-electron chi connectivity index (χ3n) is 2.17. The minimum Gasteiger partial charge on any atom is -0.370 e. The van der Waals surface area contributed by atoms with Crippen molar-refractivity contribution in [2.45, 2.75) is 38.4 Å². The van der Waals surface area contributed by atoms with Gasteiger partial charge in [-0.3, -0.25) is 0 Å². The standard InChI is InChI=1S/C9H12ClNOS/c1-5-3-7-9(6(2)12-5)13-8(4-10)11-7/h5-6H,3-4H2,1-2H3. The van der Waals surface area contributed by atoms with E-state index in [1.165, 1.54) is 10.6 Å². The van der Waals surface area contributed by atoms with Gasteiger partial charge in [-0.25, -0.2) is 4.98 Å². The molecular formula is C9H12ClNOS. The van der Waals surface area contributed by atoms with Gasteiger partial charge >= 0.3 is 0 Å². The Hall–Kier alpha value is -0.120. The number of ether oxygens (including phenoxy) is 1. The van der Waals surface area contributed by atoms with Gasteiger partial charge in [0.2, 0.25) is 0 Å². The molecule has 2 unspecified atom stereocenters. The first-order valence-electron chi connectivity index (χ1n) is 4.40. The summed E-state index contributed by atoms with van der Waals surface area (Å²) in [7, 11) is 0. The largest absolute Gasteiger partial charge is 0.370 e. The summed E-state index contributed by atoms with van der Waals surface area (Å²) in [6.45, 7) is 4.16. The molecule has 0 bridgehead atoms. The van der Waals surface area contributed by atoms with Gasteiger partial charge in [-0.05, 0) is 13.8 Å². The molecule has 13 heavy (non-hydrogen) atoms. The van der Waals surface area contributed by atoms with Crippen LogP contribution in [0, 0.1) is 0 Å². The molecule has 0 spiro atoms. The van der Waals surface area contributed by atoms with E-state index in [1.807, 2.05) is 0 Å². The zero-order chi connectivity index (χ0) is 9.42. The van der Waals surface area contributed by atoms with E-state index in [9.17, 15) is 0 Å². The second-order valence-electron chi connectivity index (χ2n) is 3.35. The van der Waals surface area contributed by atoms with Crippen molar-refractivity contribution < 1.29 is 4.74 Å². The van der Waals surface area contributed by atoms with Crippen LogP contribution in [-0.2, 0) is 17.0 Å². The molecule has 0 saturated carbocycles. The Kier molecular flexibility index (Phi) is 2.58. The molecule has 0 radical (unpaired) electrons. The van der Waals surface area contributed by atoms with E-state index in [-0.39, 0.29) is 12.2 Å². The minimum atomic E-state index is 0.188. The van der Waals surface area contributed by atoms with Crippen molar-refractivity contribution in [2.24, 2.45) is 0 Å². The average Bonchev–Trinajstić information content (AvgIpc) is 2.47. The van der Waals surface area contributed by atoms with Crippen LogP contribution < -0.4 is 0 Å². The molecule has 0 fully saturated rings. The SMILES string of the molecule is CC1Cc2nc(CCl)sc2C(C)O1. The molecule has 2 atom stereocenters. The zero-order valence-corrected chi connectivity index (χ0v) is 9.28. The number of aromatic nitrogens is 1. The molecule has 1 aliphatic rings. The molecule has 4 heteroatoms. The minimum absolute atomic E-state index is 0.188. The van der Waals surface area contributed by atoms with Gasteiger partial charge in [0.05, 0.1) is 28.7 Å². The summed E-state index contributed by atoms with van der Waals surface area (Å²) in [5.74, 6) is 0.513. The molecule has 1 aliphatic heterocycles. The van der Waals surface area contributed by atoms with E-state index in [4.69, 9.17) is 16.3 Å². The van der Waals surface area contributed by atoms with Crippen LogP contribution in [0.15, 0.2) is 0 Å². The lowest BCUT2D eigenvalue weighted by atomic mass is 10.1. The van der Waals surface area contributed by atoms with Gasteiger partial charge in [0, 0.05) is 6.42 Å². The molecule has 0 aliphatic carbocycles. The van der Waals surface area contributed by atoms with E-state index in [2.05, 4.69) is 18.8 Å². The van der Waals surface area contributed by atoms with Crippen LogP contribution in [0.1, 0.15) is 35.5 Å². The lowest BCUT2D eigenvalue weighted by Crippen LogP contribution is -2.20. The summed E-state index contributed by atoms with van der Waals surface area (Å²) in [5.41, 5.74) is 1.19. The van der Waals surface area contributed by atoms with Crippen molar-refractivity contribution in [3.63, 3.8) is 0 Å². The molecule has 2 heterocycles. The fourth-order valence-electron chi connectivity index (χ4n) is 1.67. The van der Waals surface area contributed by atoms with Crippen LogP contribution in [0.5, 0.6) is 0 Å². The highest BCUT2D eigenvalue weighted by atomic mass is 35.5. The van der Waals surface area contributed by atoms with Crippen LogP contribution in [0.2, 0.25) is 0 Å². The third-order valence-corrected chi connectivity index (χ3v) is 3.84. The molecule has 1 aromatic rings. The Morgan fingerprint density at radius 3 is 3.08 bits per heavy atom. The number of rotatable bonds is 1. The quantitative estimate of drug-likeness (QED) is 0.675. The van der Waals surface area contributed by atoms with E-state index in [0.717, 1.165) is 11.4 Å². The number of thiazole rings is 1. The fourth-order valence-corrected chi connectivity index (χ4v) is 2.82. The van der Waals surface area contributed by atoms with Gasteiger partial charge in [-0.15, -0.1) is 22.9 Å². The number of nitrogens with zero attached hydrogens (tertiary/aromatic N) is 1. The Labute approximate surface area is 86.9 Å². The molecule has 1 aromatic heterocycles. The monoisotopic (exact) mass is 217 g/mol. The first-order chi connectivity index (χ1) is 6.20. The summed E-state index contributed by atoms with van der Waals surface area (Å²) in [6, 6.07) is 0. The van der Waals surface area contributed by atoms with E-state index in [1.54, 1.807) is 11.3 Å². The van der Waals surface area contributed by atoms with Crippen LogP contribution in [0.3, 0.4) is 0 Å². The summed E-state index contributed by atoms with van der Waals surface area (Å²) >= 11 is 7.42. The number of hydrogen-bond acceptors (Lipinski definition) is 3. The van der Waals surface area contributed by atoms with Gasteiger partial charge in [-0.1, -0.05) is 0 Å². The average molecular weight is 218 g/mol.